The highest BCUT2D eigenvalue weighted by atomic mass is 32.2. The van der Waals surface area contributed by atoms with Crippen molar-refractivity contribution in [1.29, 1.82) is 0 Å². The molecule has 8 nitrogen and oxygen atoms in total. The molecule has 2 heterocycles. The predicted molar refractivity (Wildman–Crippen MR) is 116 cm³/mol. The van der Waals surface area contributed by atoms with Gasteiger partial charge in [-0.1, -0.05) is 18.2 Å². The van der Waals surface area contributed by atoms with Gasteiger partial charge in [-0.2, -0.15) is 0 Å². The van der Waals surface area contributed by atoms with Gasteiger partial charge in [0, 0.05) is 23.5 Å². The van der Waals surface area contributed by atoms with E-state index in [9.17, 15) is 13.2 Å². The number of nitrogens with one attached hydrogen (secondary N) is 1. The van der Waals surface area contributed by atoms with Gasteiger partial charge in [-0.05, 0) is 55.5 Å². The molecule has 9 heteroatoms. The second-order valence-corrected chi connectivity index (χ2v) is 8.51. The lowest BCUT2D eigenvalue weighted by Gasteiger charge is -2.06. The number of rotatable bonds is 7. The quantitative estimate of drug-likeness (QED) is 0.457. The van der Waals surface area contributed by atoms with Crippen molar-refractivity contribution in [2.45, 2.75) is 18.4 Å². The Kier molecular flexibility index (Phi) is 6.00. The summed E-state index contributed by atoms with van der Waals surface area (Å²) in [6, 6.07) is 18.1. The molecule has 0 saturated heterocycles. The topological polar surface area (TPSA) is 111 Å². The van der Waals surface area contributed by atoms with Crippen LogP contribution in [0.5, 0.6) is 5.75 Å². The fourth-order valence-corrected chi connectivity index (χ4v) is 3.89. The summed E-state index contributed by atoms with van der Waals surface area (Å²) >= 11 is 0. The van der Waals surface area contributed by atoms with Crippen LogP contribution in [-0.4, -0.2) is 24.3 Å². The second-order valence-electron chi connectivity index (χ2n) is 6.83. The summed E-state index contributed by atoms with van der Waals surface area (Å²) in [6.45, 7) is 1.83. The lowest BCUT2D eigenvalue weighted by Crippen LogP contribution is -2.30. The third kappa shape index (κ3) is 4.84. The van der Waals surface area contributed by atoms with E-state index in [1.807, 2.05) is 16.9 Å². The van der Waals surface area contributed by atoms with Crippen LogP contribution in [0.1, 0.15) is 21.9 Å². The third-order valence-corrected chi connectivity index (χ3v) is 5.94. The lowest BCUT2D eigenvalue weighted by atomic mass is 10.2. The number of carbonyl (C=O) groups is 1. The van der Waals surface area contributed by atoms with Crippen molar-refractivity contribution in [2.75, 3.05) is 0 Å². The Hall–Kier alpha value is -3.98. The van der Waals surface area contributed by atoms with Gasteiger partial charge in [0.15, 0.2) is 11.6 Å². The fraction of sp³-hybridized carbons (Fsp3) is 0.0870. The standard InChI is InChI=1S/C23H19N3O5S/c1-16-18(15-30-19-10-8-17(9-11-19)22-24-12-5-13-25-22)14-21(31-16)23(27)26-32(28,29)20-6-3-2-4-7-20/h2-14H,15H2,1H3,(H,26,27). The molecule has 0 aliphatic rings. The van der Waals surface area contributed by atoms with E-state index in [0.29, 0.717) is 22.9 Å². The molecule has 0 radical (unpaired) electrons. The third-order valence-electron chi connectivity index (χ3n) is 4.60. The van der Waals surface area contributed by atoms with Gasteiger partial charge < -0.3 is 9.15 Å². The summed E-state index contributed by atoms with van der Waals surface area (Å²) in [6.07, 6.45) is 3.35. The minimum atomic E-state index is -3.99. The number of furan rings is 1. The van der Waals surface area contributed by atoms with Gasteiger partial charge in [0.1, 0.15) is 18.1 Å². The molecule has 0 saturated carbocycles. The predicted octanol–water partition coefficient (Wildman–Crippen LogP) is 3.74. The summed E-state index contributed by atoms with van der Waals surface area (Å²) in [7, 11) is -3.99. The first-order chi connectivity index (χ1) is 15.4. The number of sulfonamides is 1. The van der Waals surface area contributed by atoms with Crippen molar-refractivity contribution in [2.24, 2.45) is 0 Å². The molecule has 162 valence electrons. The molecule has 1 N–H and O–H groups in total. The van der Waals surface area contributed by atoms with Crippen molar-refractivity contribution in [3.8, 4) is 17.1 Å². The second kappa shape index (κ2) is 9.03. The summed E-state index contributed by atoms with van der Waals surface area (Å²) in [4.78, 5) is 20.8. The smallest absolute Gasteiger partial charge is 0.300 e. The molecule has 0 atom stereocenters. The van der Waals surface area contributed by atoms with E-state index >= 15 is 0 Å². The molecule has 0 fully saturated rings. The summed E-state index contributed by atoms with van der Waals surface area (Å²) in [5, 5.41) is 0. The molecule has 4 rings (SSSR count). The van der Waals surface area contributed by atoms with E-state index in [1.165, 1.54) is 18.2 Å². The maximum Gasteiger partial charge on any atom is 0.300 e. The highest BCUT2D eigenvalue weighted by Crippen LogP contribution is 2.22. The normalized spacial score (nSPS) is 11.2. The first-order valence-corrected chi connectivity index (χ1v) is 11.1. The fourth-order valence-electron chi connectivity index (χ4n) is 2.92. The van der Waals surface area contributed by atoms with Gasteiger partial charge in [-0.3, -0.25) is 4.79 Å². The van der Waals surface area contributed by atoms with Gasteiger partial charge in [0.2, 0.25) is 0 Å². The largest absolute Gasteiger partial charge is 0.489 e. The van der Waals surface area contributed by atoms with Crippen LogP contribution in [0.15, 0.2) is 88.4 Å². The highest BCUT2D eigenvalue weighted by Gasteiger charge is 2.22. The number of hydrogen-bond donors (Lipinski definition) is 1. The van der Waals surface area contributed by atoms with E-state index < -0.39 is 15.9 Å². The Labute approximate surface area is 185 Å². The van der Waals surface area contributed by atoms with E-state index in [4.69, 9.17) is 9.15 Å². The molecule has 32 heavy (non-hydrogen) atoms. The molecule has 0 bridgehead atoms. The Morgan fingerprint density at radius 3 is 2.38 bits per heavy atom. The van der Waals surface area contributed by atoms with Crippen LogP contribution in [0.3, 0.4) is 0 Å². The number of aromatic nitrogens is 2. The maximum absolute atomic E-state index is 12.4. The number of hydrogen-bond acceptors (Lipinski definition) is 7. The summed E-state index contributed by atoms with van der Waals surface area (Å²) in [5.74, 6) is 0.725. The Morgan fingerprint density at radius 1 is 1.00 bits per heavy atom. The maximum atomic E-state index is 12.4. The van der Waals surface area contributed by atoms with E-state index in [0.717, 1.165) is 5.56 Å². The van der Waals surface area contributed by atoms with Crippen molar-refractivity contribution in [3.63, 3.8) is 0 Å². The molecule has 1 amide bonds. The zero-order valence-corrected chi connectivity index (χ0v) is 17.9. The van der Waals surface area contributed by atoms with Crippen molar-refractivity contribution < 1.29 is 22.4 Å². The number of ether oxygens (including phenoxy) is 1. The number of benzene rings is 2. The van der Waals surface area contributed by atoms with Gasteiger partial charge in [-0.15, -0.1) is 0 Å². The van der Waals surface area contributed by atoms with Crippen LogP contribution < -0.4 is 9.46 Å². The molecule has 2 aromatic heterocycles. The monoisotopic (exact) mass is 449 g/mol. The number of aryl methyl sites for hydroxylation is 1. The minimum absolute atomic E-state index is 0.00969. The molecule has 0 spiro atoms. The Morgan fingerprint density at radius 2 is 1.69 bits per heavy atom. The zero-order chi connectivity index (χ0) is 22.6. The summed E-state index contributed by atoms with van der Waals surface area (Å²) < 4.78 is 37.9. The summed E-state index contributed by atoms with van der Waals surface area (Å²) in [5.41, 5.74) is 1.48. The van der Waals surface area contributed by atoms with Crippen molar-refractivity contribution in [1.82, 2.24) is 14.7 Å². The molecular weight excluding hydrogens is 430 g/mol. The zero-order valence-electron chi connectivity index (χ0n) is 17.1. The van der Waals surface area contributed by atoms with Crippen LogP contribution in [0.4, 0.5) is 0 Å². The van der Waals surface area contributed by atoms with Gasteiger partial charge in [-0.25, -0.2) is 23.1 Å². The number of nitrogens with zero attached hydrogens (tertiary/aromatic N) is 2. The Bertz CT molecular complexity index is 1320. The number of amides is 1. The van der Waals surface area contributed by atoms with Crippen LogP contribution in [0.2, 0.25) is 0 Å². The lowest BCUT2D eigenvalue weighted by molar-refractivity contribution is 0.0953. The molecule has 0 aliphatic heterocycles. The van der Waals surface area contributed by atoms with E-state index in [-0.39, 0.29) is 17.3 Å². The van der Waals surface area contributed by atoms with Crippen LogP contribution in [0, 0.1) is 6.92 Å². The van der Waals surface area contributed by atoms with Crippen LogP contribution in [0.25, 0.3) is 11.4 Å². The molecule has 2 aromatic carbocycles. The van der Waals surface area contributed by atoms with Gasteiger partial charge >= 0.3 is 5.91 Å². The van der Waals surface area contributed by atoms with Crippen molar-refractivity contribution in [3.05, 3.63) is 96.2 Å². The van der Waals surface area contributed by atoms with Crippen LogP contribution in [-0.2, 0) is 16.6 Å². The molecule has 0 aliphatic carbocycles. The van der Waals surface area contributed by atoms with Crippen LogP contribution >= 0.6 is 0 Å². The minimum Gasteiger partial charge on any atom is -0.489 e. The average molecular weight is 449 g/mol. The van der Waals surface area contributed by atoms with Gasteiger partial charge in [0.05, 0.1) is 4.90 Å². The van der Waals surface area contributed by atoms with E-state index in [2.05, 4.69) is 9.97 Å². The van der Waals surface area contributed by atoms with Crippen molar-refractivity contribution >= 4 is 15.9 Å². The molecule has 0 unspecified atom stereocenters. The first-order valence-electron chi connectivity index (χ1n) is 9.64. The SMILES string of the molecule is Cc1oc(C(=O)NS(=O)(=O)c2ccccc2)cc1COc1ccc(-c2ncccn2)cc1. The first kappa shape index (κ1) is 21.3. The molecule has 4 aromatic rings. The number of carbonyl (C=O) groups excluding carboxylic acids is 1. The Balaban J connectivity index is 1.41. The average Bonchev–Trinajstić information content (AvgIpc) is 3.20. The van der Waals surface area contributed by atoms with Gasteiger partial charge in [0.25, 0.3) is 10.0 Å². The molecular formula is C23H19N3O5S. The van der Waals surface area contributed by atoms with E-state index in [1.54, 1.807) is 55.7 Å². The highest BCUT2D eigenvalue weighted by molar-refractivity contribution is 7.90.